The number of nitrogens with one attached hydrogen (secondary N) is 2. The molecule has 2 N–H and O–H groups in total. The maximum absolute atomic E-state index is 5.93. The maximum Gasteiger partial charge on any atom is 0.191 e. The number of guanidine groups is 1. The van der Waals surface area contributed by atoms with Crippen LogP contribution in [-0.2, 0) is 4.74 Å². The summed E-state index contributed by atoms with van der Waals surface area (Å²) in [5.41, 5.74) is 0.193. The van der Waals surface area contributed by atoms with Crippen molar-refractivity contribution in [2.75, 3.05) is 26.2 Å². The maximum atomic E-state index is 5.93. The second-order valence-electron chi connectivity index (χ2n) is 8.92. The van der Waals surface area contributed by atoms with Crippen molar-refractivity contribution >= 4 is 5.96 Å². The van der Waals surface area contributed by atoms with E-state index in [2.05, 4.69) is 43.2 Å². The summed E-state index contributed by atoms with van der Waals surface area (Å²) in [4.78, 5) is 7.41. The predicted molar refractivity (Wildman–Crippen MR) is 97.2 cm³/mol. The van der Waals surface area contributed by atoms with Gasteiger partial charge in [0.25, 0.3) is 0 Å². The summed E-state index contributed by atoms with van der Waals surface area (Å²) in [6, 6.07) is 1.85. The van der Waals surface area contributed by atoms with Crippen molar-refractivity contribution in [3.8, 4) is 0 Å². The minimum Gasteiger partial charge on any atom is -0.377 e. The van der Waals surface area contributed by atoms with Crippen LogP contribution in [-0.4, -0.2) is 61.3 Å². The summed E-state index contributed by atoms with van der Waals surface area (Å²) in [7, 11) is 0. The van der Waals surface area contributed by atoms with Crippen LogP contribution in [0, 0.1) is 17.3 Å². The van der Waals surface area contributed by atoms with Crippen LogP contribution in [0.5, 0.6) is 0 Å². The van der Waals surface area contributed by atoms with Crippen molar-refractivity contribution in [3.63, 3.8) is 0 Å². The molecule has 2 heterocycles. The molecule has 2 saturated carbocycles. The van der Waals surface area contributed by atoms with Crippen molar-refractivity contribution in [1.29, 1.82) is 0 Å². The number of aliphatic imine (C=N–C) groups is 1. The lowest BCUT2D eigenvalue weighted by Gasteiger charge is -2.55. The van der Waals surface area contributed by atoms with Gasteiger partial charge in [0, 0.05) is 55.7 Å². The number of hydrogen-bond donors (Lipinski definition) is 2. The Labute approximate surface area is 146 Å². The van der Waals surface area contributed by atoms with E-state index in [9.17, 15) is 0 Å². The minimum absolute atomic E-state index is 0.193. The van der Waals surface area contributed by atoms with E-state index in [0.29, 0.717) is 30.0 Å². The van der Waals surface area contributed by atoms with Gasteiger partial charge in [0.1, 0.15) is 0 Å². The molecular weight excluding hydrogens is 300 g/mol. The lowest BCUT2D eigenvalue weighted by Crippen LogP contribution is -2.68. The Balaban J connectivity index is 1.39. The van der Waals surface area contributed by atoms with Gasteiger partial charge < -0.3 is 15.4 Å². The zero-order valence-electron chi connectivity index (χ0n) is 15.7. The smallest absolute Gasteiger partial charge is 0.191 e. The van der Waals surface area contributed by atoms with Gasteiger partial charge in [0.05, 0.1) is 6.10 Å². The Morgan fingerprint density at radius 2 is 2.00 bits per heavy atom. The van der Waals surface area contributed by atoms with Gasteiger partial charge in [-0.2, -0.15) is 0 Å². The zero-order valence-corrected chi connectivity index (χ0v) is 15.7. The van der Waals surface area contributed by atoms with Crippen molar-refractivity contribution in [2.45, 2.75) is 71.2 Å². The lowest BCUT2D eigenvalue weighted by molar-refractivity contribution is -0.106. The first kappa shape index (κ1) is 16.6. The summed E-state index contributed by atoms with van der Waals surface area (Å²) >= 11 is 0. The van der Waals surface area contributed by atoms with E-state index in [-0.39, 0.29) is 5.41 Å². The molecular formula is C19H34N4O. The fourth-order valence-electron chi connectivity index (χ4n) is 5.16. The summed E-state index contributed by atoms with van der Waals surface area (Å²) in [6.45, 7) is 13.3. The van der Waals surface area contributed by atoms with Gasteiger partial charge in [-0.25, -0.2) is 0 Å². The third kappa shape index (κ3) is 2.84. The molecule has 5 unspecified atom stereocenters. The summed E-state index contributed by atoms with van der Waals surface area (Å²) in [5, 5.41) is 7.52. The molecule has 136 valence electrons. The summed E-state index contributed by atoms with van der Waals surface area (Å²) in [6.07, 6.45) is 4.40. The molecule has 0 amide bonds. The van der Waals surface area contributed by atoms with E-state index >= 15 is 0 Å². The Morgan fingerprint density at radius 1 is 1.21 bits per heavy atom. The van der Waals surface area contributed by atoms with Crippen LogP contribution >= 0.6 is 0 Å². The van der Waals surface area contributed by atoms with Gasteiger partial charge in [-0.05, 0) is 32.1 Å². The highest BCUT2D eigenvalue weighted by Crippen LogP contribution is 2.52. The second-order valence-corrected chi connectivity index (χ2v) is 8.92. The van der Waals surface area contributed by atoms with E-state index in [0.717, 1.165) is 25.2 Å². The molecule has 0 aromatic carbocycles. The third-order valence-corrected chi connectivity index (χ3v) is 6.73. The normalized spacial score (nSPS) is 41.8. The molecule has 2 saturated heterocycles. The molecule has 2 aliphatic carbocycles. The Hall–Kier alpha value is -0.810. The quantitative estimate of drug-likeness (QED) is 0.608. The fraction of sp³-hybridized carbons (Fsp3) is 0.947. The van der Waals surface area contributed by atoms with Gasteiger partial charge in [0.2, 0.25) is 0 Å². The summed E-state index contributed by atoms with van der Waals surface area (Å²) in [5.74, 6) is 2.34. The van der Waals surface area contributed by atoms with Crippen molar-refractivity contribution < 1.29 is 4.74 Å². The molecule has 2 aliphatic heterocycles. The van der Waals surface area contributed by atoms with Crippen molar-refractivity contribution in [3.05, 3.63) is 0 Å². The number of ether oxygens (including phenoxy) is 1. The van der Waals surface area contributed by atoms with Crippen LogP contribution in [0.25, 0.3) is 0 Å². The molecule has 4 rings (SSSR count). The van der Waals surface area contributed by atoms with Gasteiger partial charge >= 0.3 is 0 Å². The second kappa shape index (κ2) is 6.17. The largest absolute Gasteiger partial charge is 0.377 e. The van der Waals surface area contributed by atoms with Crippen LogP contribution in [0.15, 0.2) is 4.99 Å². The predicted octanol–water partition coefficient (Wildman–Crippen LogP) is 1.84. The molecule has 4 aliphatic rings. The number of hydrogen-bond acceptors (Lipinski definition) is 3. The van der Waals surface area contributed by atoms with Crippen molar-refractivity contribution in [1.82, 2.24) is 15.5 Å². The fourth-order valence-corrected chi connectivity index (χ4v) is 5.16. The average Bonchev–Trinajstić information content (AvgIpc) is 3.18. The Morgan fingerprint density at radius 3 is 2.71 bits per heavy atom. The standard InChI is InChI=1S/C19H34N4O/c1-5-20-18(21-15-11-23(10-12(15)2)13-6-7-13)22-16-14-8-9-24-17(14)19(16,3)4/h12-17H,5-11H2,1-4H3,(H2,20,21,22). The molecule has 0 spiro atoms. The highest BCUT2D eigenvalue weighted by molar-refractivity contribution is 5.81. The molecule has 0 aromatic heterocycles. The summed E-state index contributed by atoms with van der Waals surface area (Å²) < 4.78 is 5.93. The van der Waals surface area contributed by atoms with Gasteiger partial charge in [-0.1, -0.05) is 20.8 Å². The highest BCUT2D eigenvalue weighted by Gasteiger charge is 2.59. The monoisotopic (exact) mass is 334 g/mol. The first-order chi connectivity index (χ1) is 11.5. The van der Waals surface area contributed by atoms with Crippen molar-refractivity contribution in [2.24, 2.45) is 22.2 Å². The van der Waals surface area contributed by atoms with Gasteiger partial charge in [0.15, 0.2) is 5.96 Å². The number of fused-ring (bicyclic) bond motifs is 1. The number of nitrogens with zero attached hydrogens (tertiary/aromatic N) is 2. The molecule has 0 bridgehead atoms. The number of rotatable bonds is 4. The van der Waals surface area contributed by atoms with Crippen LogP contribution in [0.2, 0.25) is 0 Å². The Bertz CT molecular complexity index is 502. The lowest BCUT2D eigenvalue weighted by atomic mass is 9.57. The first-order valence-corrected chi connectivity index (χ1v) is 9.94. The van der Waals surface area contributed by atoms with Crippen LogP contribution in [0.1, 0.15) is 47.0 Å². The zero-order chi connectivity index (χ0) is 16.9. The topological polar surface area (TPSA) is 48.9 Å². The van der Waals surface area contributed by atoms with E-state index in [1.54, 1.807) is 0 Å². The highest BCUT2D eigenvalue weighted by atomic mass is 16.5. The van der Waals surface area contributed by atoms with E-state index in [1.165, 1.54) is 32.4 Å². The van der Waals surface area contributed by atoms with Crippen LogP contribution in [0.3, 0.4) is 0 Å². The average molecular weight is 335 g/mol. The van der Waals surface area contributed by atoms with Crippen LogP contribution in [0.4, 0.5) is 0 Å². The van der Waals surface area contributed by atoms with Gasteiger partial charge in [-0.3, -0.25) is 9.89 Å². The van der Waals surface area contributed by atoms with Gasteiger partial charge in [-0.15, -0.1) is 0 Å². The first-order valence-electron chi connectivity index (χ1n) is 9.94. The van der Waals surface area contributed by atoms with E-state index in [4.69, 9.17) is 9.73 Å². The molecule has 5 nitrogen and oxygen atoms in total. The minimum atomic E-state index is 0.193. The molecule has 24 heavy (non-hydrogen) atoms. The Kier molecular flexibility index (Phi) is 4.28. The number of likely N-dealkylation sites (tertiary alicyclic amines) is 1. The molecule has 0 radical (unpaired) electrons. The molecule has 5 atom stereocenters. The molecule has 4 fully saturated rings. The molecule has 5 heteroatoms. The SMILES string of the molecule is CCN=C(NC1CN(C2CC2)CC1C)NC1C2CCOC2C1(C)C. The third-order valence-electron chi connectivity index (χ3n) is 6.73. The van der Waals surface area contributed by atoms with E-state index in [1.807, 2.05) is 0 Å². The van der Waals surface area contributed by atoms with E-state index < -0.39 is 0 Å². The van der Waals surface area contributed by atoms with Crippen LogP contribution < -0.4 is 10.6 Å². The molecule has 0 aromatic rings.